The number of aryl methyl sites for hydroxylation is 1. The summed E-state index contributed by atoms with van der Waals surface area (Å²) in [7, 11) is 0. The fourth-order valence-corrected chi connectivity index (χ4v) is 3.14. The van der Waals surface area contributed by atoms with Gasteiger partial charge in [0.05, 0.1) is 0 Å². The number of carbonyl (C=O) groups is 1. The average molecular weight is 442 g/mol. The number of carbonyl (C=O) groups excluding carboxylic acids is 1. The van der Waals surface area contributed by atoms with Gasteiger partial charge in [-0.05, 0) is 37.8 Å². The Morgan fingerprint density at radius 3 is 2.59 bits per heavy atom. The second-order valence-corrected chi connectivity index (χ2v) is 6.81. The number of aliphatic hydroxyl groups is 1. The fourth-order valence-electron chi connectivity index (χ4n) is 3.14. The van der Waals surface area contributed by atoms with Crippen LogP contribution in [-0.4, -0.2) is 39.5 Å². The molecule has 27 heavy (non-hydrogen) atoms. The van der Waals surface area contributed by atoms with E-state index in [4.69, 9.17) is 0 Å². The van der Waals surface area contributed by atoms with Gasteiger partial charge in [0, 0.05) is 52.3 Å². The number of rotatable bonds is 5. The van der Waals surface area contributed by atoms with Gasteiger partial charge in [-0.1, -0.05) is 50.0 Å². The Hall–Kier alpha value is -0.936. The van der Waals surface area contributed by atoms with E-state index < -0.39 is 5.60 Å². The van der Waals surface area contributed by atoms with Crippen molar-refractivity contribution in [3.8, 4) is 0 Å². The van der Waals surface area contributed by atoms with E-state index in [9.17, 15) is 9.90 Å². The molecule has 0 aliphatic carbocycles. The van der Waals surface area contributed by atoms with E-state index in [2.05, 4.69) is 34.1 Å². The molecule has 1 atom stereocenters. The molecule has 0 amide bonds. The summed E-state index contributed by atoms with van der Waals surface area (Å²) in [4.78, 5) is 18.8. The minimum atomic E-state index is -1.36. The van der Waals surface area contributed by atoms with Crippen LogP contribution in [0.3, 0.4) is 0 Å². The Kier molecular flexibility index (Phi) is 9.96. The first-order valence-corrected chi connectivity index (χ1v) is 9.32. The van der Waals surface area contributed by atoms with Crippen LogP contribution in [-0.2, 0) is 56.9 Å². The summed E-state index contributed by atoms with van der Waals surface area (Å²) >= 11 is 0. The van der Waals surface area contributed by atoms with Crippen molar-refractivity contribution in [1.29, 1.82) is 0 Å². The van der Waals surface area contributed by atoms with E-state index in [1.54, 1.807) is 19.2 Å². The maximum absolute atomic E-state index is 12.5. The van der Waals surface area contributed by atoms with Gasteiger partial charge in [-0.2, -0.15) is 5.56 Å². The predicted molar refractivity (Wildman–Crippen MR) is 104 cm³/mol. The molecular formula is C22H29N2O2Y-. The Bertz CT molecular complexity index is 729. The van der Waals surface area contributed by atoms with Gasteiger partial charge in [0.25, 0.3) is 0 Å². The Balaban J connectivity index is 0.00000118. The number of benzene rings is 1. The molecule has 1 aliphatic heterocycles. The van der Waals surface area contributed by atoms with Crippen molar-refractivity contribution < 1.29 is 42.6 Å². The molecule has 0 saturated heterocycles. The van der Waals surface area contributed by atoms with Crippen LogP contribution in [0.5, 0.6) is 0 Å². The molecule has 0 saturated carbocycles. The fraction of sp³-hybridized carbons (Fsp3) is 0.455. The summed E-state index contributed by atoms with van der Waals surface area (Å²) in [5.41, 5.74) is 2.86. The van der Waals surface area contributed by atoms with E-state index in [1.165, 1.54) is 11.1 Å². The smallest absolute Gasteiger partial charge is 0.153 e. The molecule has 0 bridgehead atoms. The van der Waals surface area contributed by atoms with Crippen LogP contribution >= 0.6 is 0 Å². The third-order valence-corrected chi connectivity index (χ3v) is 4.60. The van der Waals surface area contributed by atoms with Crippen LogP contribution in [0.25, 0.3) is 0 Å². The number of pyridine rings is 1. The molecule has 5 heteroatoms. The van der Waals surface area contributed by atoms with Crippen LogP contribution < -0.4 is 0 Å². The van der Waals surface area contributed by atoms with Gasteiger partial charge in [0.2, 0.25) is 0 Å². The third kappa shape index (κ3) is 6.87. The summed E-state index contributed by atoms with van der Waals surface area (Å²) in [5.74, 6) is -0.180. The number of Topliss-reactive ketones (excluding diaryl/α,β-unsaturated/α-hetero) is 1. The third-order valence-electron chi connectivity index (χ3n) is 4.60. The normalized spacial score (nSPS) is 15.4. The topological polar surface area (TPSA) is 53.4 Å². The molecule has 2 heterocycles. The zero-order valence-corrected chi connectivity index (χ0v) is 19.7. The average Bonchev–Trinajstić information content (AvgIpc) is 2.65. The summed E-state index contributed by atoms with van der Waals surface area (Å²) in [5, 5.41) is 10.7. The first-order valence-electron chi connectivity index (χ1n) is 9.32. The van der Waals surface area contributed by atoms with E-state index in [1.807, 2.05) is 26.8 Å². The molecule has 2 aromatic rings. The number of aromatic nitrogens is 1. The van der Waals surface area contributed by atoms with Crippen LogP contribution in [0, 0.1) is 13.0 Å². The van der Waals surface area contributed by atoms with E-state index in [0.717, 1.165) is 30.8 Å². The van der Waals surface area contributed by atoms with E-state index in [-0.39, 0.29) is 44.9 Å². The second-order valence-electron chi connectivity index (χ2n) is 6.81. The zero-order chi connectivity index (χ0) is 19.2. The molecule has 1 aromatic heterocycles. The van der Waals surface area contributed by atoms with Crippen LogP contribution in [0.2, 0.25) is 0 Å². The van der Waals surface area contributed by atoms with Gasteiger partial charge < -0.3 is 10.1 Å². The van der Waals surface area contributed by atoms with Gasteiger partial charge in [-0.25, -0.2) is 12.1 Å². The van der Waals surface area contributed by atoms with Gasteiger partial charge in [-0.3, -0.25) is 9.69 Å². The first-order chi connectivity index (χ1) is 12.4. The van der Waals surface area contributed by atoms with Gasteiger partial charge >= 0.3 is 0 Å². The molecule has 1 radical (unpaired) electrons. The monoisotopic (exact) mass is 442 g/mol. The van der Waals surface area contributed by atoms with Crippen molar-refractivity contribution in [2.45, 2.75) is 52.7 Å². The van der Waals surface area contributed by atoms with Crippen molar-refractivity contribution in [3.63, 3.8) is 0 Å². The molecule has 0 spiro atoms. The molecule has 1 aliphatic rings. The largest absolute Gasteiger partial charge is 0.381 e. The van der Waals surface area contributed by atoms with Crippen LogP contribution in [0.15, 0.2) is 36.5 Å². The second kappa shape index (κ2) is 11.2. The van der Waals surface area contributed by atoms with Crippen molar-refractivity contribution in [2.24, 2.45) is 0 Å². The predicted octanol–water partition coefficient (Wildman–Crippen LogP) is 3.13. The molecule has 1 N–H and O–H groups in total. The standard InChI is InChI=1S/C20H23N2O2.C2H6.Y/c1-15-7-8-16(12-21-15)11-19(23)20(2,24)14-22-10-9-17-5-3-4-6-18(17)13-22;1-2;/h3-6,8,12,24H,9-11,13-14H2,1-2H3;1-2H3;/q-1;;/t20-;;/m0../s1. The molecule has 1 aromatic carbocycles. The molecule has 143 valence electrons. The number of ketones is 1. The van der Waals surface area contributed by atoms with Gasteiger partial charge in [0.1, 0.15) is 5.60 Å². The number of nitrogens with zero attached hydrogens (tertiary/aromatic N) is 2. The quantitative estimate of drug-likeness (QED) is 0.724. The summed E-state index contributed by atoms with van der Waals surface area (Å²) < 4.78 is 0. The molecule has 4 nitrogen and oxygen atoms in total. The Morgan fingerprint density at radius 1 is 1.30 bits per heavy atom. The minimum absolute atomic E-state index is 0. The number of fused-ring (bicyclic) bond motifs is 1. The van der Waals surface area contributed by atoms with Gasteiger partial charge in [0.15, 0.2) is 5.78 Å². The summed E-state index contributed by atoms with van der Waals surface area (Å²) in [6, 6.07) is 13.1. The Labute approximate surface area is 188 Å². The SMILES string of the molecule is CC.Cc1[c-]cc(CC(=O)[C@@](C)(O)CN2CCc3ccccc3C2)cn1.[Y]. The first kappa shape index (κ1) is 24.1. The van der Waals surface area contributed by atoms with E-state index >= 15 is 0 Å². The zero-order valence-electron chi connectivity index (χ0n) is 16.8. The molecule has 3 rings (SSSR count). The van der Waals surface area contributed by atoms with Crippen molar-refractivity contribution >= 4 is 5.78 Å². The summed E-state index contributed by atoms with van der Waals surface area (Å²) in [6.45, 7) is 9.46. The minimum Gasteiger partial charge on any atom is -0.381 e. The number of hydrogen-bond donors (Lipinski definition) is 1. The van der Waals surface area contributed by atoms with Crippen molar-refractivity contribution in [3.05, 3.63) is 65.0 Å². The van der Waals surface area contributed by atoms with Crippen LogP contribution in [0.4, 0.5) is 0 Å². The Morgan fingerprint density at radius 2 is 1.96 bits per heavy atom. The maximum atomic E-state index is 12.5. The maximum Gasteiger partial charge on any atom is 0.153 e. The molecular weight excluding hydrogens is 413 g/mol. The van der Waals surface area contributed by atoms with Crippen molar-refractivity contribution in [2.75, 3.05) is 13.1 Å². The van der Waals surface area contributed by atoms with Crippen molar-refractivity contribution in [1.82, 2.24) is 9.88 Å². The van der Waals surface area contributed by atoms with E-state index in [0.29, 0.717) is 6.54 Å². The number of β-amino-alcohol motifs (C(OH)–C–C–N with tert-alkyl or cyclic N) is 1. The molecule has 0 fully saturated rings. The van der Waals surface area contributed by atoms with Crippen LogP contribution in [0.1, 0.15) is 43.2 Å². The molecule has 0 unspecified atom stereocenters. The number of hydrogen-bond acceptors (Lipinski definition) is 4. The van der Waals surface area contributed by atoms with Gasteiger partial charge in [-0.15, -0.1) is 0 Å². The summed E-state index contributed by atoms with van der Waals surface area (Å²) in [6.07, 6.45) is 2.81.